The van der Waals surface area contributed by atoms with Gasteiger partial charge >= 0.3 is 0 Å². The number of hydrogen-bond acceptors (Lipinski definition) is 3. The van der Waals surface area contributed by atoms with E-state index in [9.17, 15) is 10.2 Å². The lowest BCUT2D eigenvalue weighted by molar-refractivity contribution is 0.125. The fourth-order valence-electron chi connectivity index (χ4n) is 4.15. The maximum Gasteiger partial charge on any atom is 0.160 e. The summed E-state index contributed by atoms with van der Waals surface area (Å²) < 4.78 is 5.77. The van der Waals surface area contributed by atoms with Crippen LogP contribution in [0.2, 0.25) is 0 Å². The number of phenols is 2. The molecule has 0 aliphatic heterocycles. The number of unbranched alkanes of at least 4 members (excludes halogenated alkanes) is 16. The maximum atomic E-state index is 9.81. The summed E-state index contributed by atoms with van der Waals surface area (Å²) in [6, 6.07) is 5.23. The number of rotatable bonds is 22. The summed E-state index contributed by atoms with van der Waals surface area (Å²) >= 11 is 0. The van der Waals surface area contributed by atoms with Crippen LogP contribution in [0.4, 0.5) is 0 Å². The maximum absolute atomic E-state index is 9.81. The normalized spacial score (nSPS) is 11.3. The van der Waals surface area contributed by atoms with Crippen molar-refractivity contribution in [2.24, 2.45) is 0 Å². The predicted octanol–water partition coefficient (Wildman–Crippen LogP) is 8.70. The van der Waals surface area contributed by atoms with Crippen molar-refractivity contribution in [1.29, 1.82) is 0 Å². The molecule has 0 heterocycles. The Hall–Kier alpha value is -1.22. The van der Waals surface area contributed by atoms with Crippen molar-refractivity contribution >= 4 is 0 Å². The summed E-state index contributed by atoms with van der Waals surface area (Å²) in [6.07, 6.45) is 24.6. The summed E-state index contributed by atoms with van der Waals surface area (Å²) in [7, 11) is 0. The zero-order valence-corrected chi connectivity index (χ0v) is 20.4. The number of benzene rings is 1. The van der Waals surface area contributed by atoms with Crippen LogP contribution in [0, 0.1) is 0 Å². The van der Waals surface area contributed by atoms with Crippen molar-refractivity contribution in [1.82, 2.24) is 0 Å². The molecule has 1 rings (SSSR count). The molecule has 0 aliphatic carbocycles. The quantitative estimate of drug-likeness (QED) is 0.142. The van der Waals surface area contributed by atoms with Gasteiger partial charge < -0.3 is 14.9 Å². The van der Waals surface area contributed by atoms with Crippen LogP contribution in [-0.2, 0) is 11.2 Å². The lowest BCUT2D eigenvalue weighted by Gasteiger charge is -2.06. The smallest absolute Gasteiger partial charge is 0.160 e. The third-order valence-corrected chi connectivity index (χ3v) is 6.23. The highest BCUT2D eigenvalue weighted by Gasteiger charge is 2.04. The Morgan fingerprint density at radius 1 is 0.581 bits per heavy atom. The summed E-state index contributed by atoms with van der Waals surface area (Å²) in [6.45, 7) is 4.19. The molecule has 0 unspecified atom stereocenters. The van der Waals surface area contributed by atoms with Crippen molar-refractivity contribution in [3.63, 3.8) is 0 Å². The van der Waals surface area contributed by atoms with Gasteiger partial charge in [-0.05, 0) is 37.3 Å². The fraction of sp³-hybridized carbons (Fsp3) is 0.786. The molecular formula is C28H50O3. The molecule has 0 atom stereocenters. The second-order valence-corrected chi connectivity index (χ2v) is 9.16. The molecule has 0 radical (unpaired) electrons. The molecule has 0 aliphatic rings. The van der Waals surface area contributed by atoms with Crippen molar-refractivity contribution < 1.29 is 14.9 Å². The van der Waals surface area contributed by atoms with Crippen molar-refractivity contribution in [3.8, 4) is 11.5 Å². The molecule has 180 valence electrons. The highest BCUT2D eigenvalue weighted by atomic mass is 16.5. The van der Waals surface area contributed by atoms with Crippen LogP contribution in [0.3, 0.4) is 0 Å². The van der Waals surface area contributed by atoms with Crippen LogP contribution in [-0.4, -0.2) is 23.4 Å². The van der Waals surface area contributed by atoms with Gasteiger partial charge in [0.05, 0.1) is 0 Å². The molecule has 0 saturated heterocycles. The molecule has 1 aromatic rings. The Morgan fingerprint density at radius 3 is 1.55 bits per heavy atom. The summed E-state index contributed by atoms with van der Waals surface area (Å²) in [5.41, 5.74) is 0.864. The van der Waals surface area contributed by atoms with Crippen LogP contribution >= 0.6 is 0 Å². The first-order chi connectivity index (χ1) is 15.3. The van der Waals surface area contributed by atoms with Crippen LogP contribution in [0.25, 0.3) is 0 Å². The number of hydrogen-bond donors (Lipinski definition) is 2. The standard InChI is InChI=1S/C28H50O3/c1-2-3-4-5-12-15-18-24-31-25-19-16-13-10-8-6-7-9-11-14-17-21-26-22-20-23-27(29)28(26)30/h20,22-23,29-30H,2-19,21,24-25H2,1H3. The van der Waals surface area contributed by atoms with E-state index in [1.807, 2.05) is 6.07 Å². The second-order valence-electron chi connectivity index (χ2n) is 9.16. The predicted molar refractivity (Wildman–Crippen MR) is 133 cm³/mol. The van der Waals surface area contributed by atoms with E-state index in [2.05, 4.69) is 6.92 Å². The first-order valence-corrected chi connectivity index (χ1v) is 13.3. The Labute approximate surface area is 192 Å². The van der Waals surface area contributed by atoms with Crippen molar-refractivity contribution in [2.75, 3.05) is 13.2 Å². The van der Waals surface area contributed by atoms with E-state index in [1.165, 1.54) is 115 Å². The minimum Gasteiger partial charge on any atom is -0.504 e. The number of ether oxygens (including phenoxy) is 1. The minimum absolute atomic E-state index is 0.00600. The largest absolute Gasteiger partial charge is 0.504 e. The molecule has 0 bridgehead atoms. The van der Waals surface area contributed by atoms with Gasteiger partial charge in [-0.3, -0.25) is 0 Å². The molecule has 2 N–H and O–H groups in total. The molecular weight excluding hydrogens is 384 g/mol. The van der Waals surface area contributed by atoms with E-state index in [4.69, 9.17) is 4.74 Å². The van der Waals surface area contributed by atoms with E-state index in [0.717, 1.165) is 31.6 Å². The van der Waals surface area contributed by atoms with E-state index < -0.39 is 0 Å². The van der Waals surface area contributed by atoms with Gasteiger partial charge in [0.1, 0.15) is 0 Å². The van der Waals surface area contributed by atoms with Gasteiger partial charge in [0, 0.05) is 13.2 Å². The Balaban J connectivity index is 1.73. The van der Waals surface area contributed by atoms with Crippen LogP contribution in [0.5, 0.6) is 11.5 Å². The van der Waals surface area contributed by atoms with Crippen LogP contribution in [0.1, 0.15) is 128 Å². The van der Waals surface area contributed by atoms with Crippen LogP contribution in [0.15, 0.2) is 18.2 Å². The number of para-hydroxylation sites is 1. The second kappa shape index (κ2) is 20.7. The molecule has 0 saturated carbocycles. The highest BCUT2D eigenvalue weighted by molar-refractivity contribution is 5.44. The molecule has 3 nitrogen and oxygen atoms in total. The Morgan fingerprint density at radius 2 is 1.03 bits per heavy atom. The average molecular weight is 435 g/mol. The Bertz CT molecular complexity index is 515. The molecule has 31 heavy (non-hydrogen) atoms. The molecule has 0 aromatic heterocycles. The average Bonchev–Trinajstić information content (AvgIpc) is 2.77. The summed E-state index contributed by atoms with van der Waals surface area (Å²) in [5.74, 6) is 0.0516. The highest BCUT2D eigenvalue weighted by Crippen LogP contribution is 2.29. The van der Waals surface area contributed by atoms with Gasteiger partial charge in [0.15, 0.2) is 11.5 Å². The first kappa shape index (κ1) is 27.8. The lowest BCUT2D eigenvalue weighted by atomic mass is 10.0. The molecule has 0 amide bonds. The van der Waals surface area contributed by atoms with Crippen molar-refractivity contribution in [2.45, 2.75) is 129 Å². The van der Waals surface area contributed by atoms with E-state index in [-0.39, 0.29) is 11.5 Å². The molecule has 0 spiro atoms. The molecule has 0 fully saturated rings. The third-order valence-electron chi connectivity index (χ3n) is 6.23. The SMILES string of the molecule is CCCCCCCCCOCCCCCCCCCCCCCc1cccc(O)c1O. The zero-order chi connectivity index (χ0) is 22.4. The van der Waals surface area contributed by atoms with E-state index in [1.54, 1.807) is 6.07 Å². The third kappa shape index (κ3) is 16.1. The van der Waals surface area contributed by atoms with Gasteiger partial charge in [-0.2, -0.15) is 0 Å². The van der Waals surface area contributed by atoms with E-state index in [0.29, 0.717) is 0 Å². The van der Waals surface area contributed by atoms with Gasteiger partial charge in [-0.15, -0.1) is 0 Å². The summed E-state index contributed by atoms with van der Waals surface area (Å²) in [4.78, 5) is 0. The van der Waals surface area contributed by atoms with Crippen molar-refractivity contribution in [3.05, 3.63) is 23.8 Å². The van der Waals surface area contributed by atoms with Gasteiger partial charge in [-0.25, -0.2) is 0 Å². The van der Waals surface area contributed by atoms with Gasteiger partial charge in [0.25, 0.3) is 0 Å². The van der Waals surface area contributed by atoms with Gasteiger partial charge in [0.2, 0.25) is 0 Å². The minimum atomic E-state index is -0.00600. The lowest BCUT2D eigenvalue weighted by Crippen LogP contribution is -1.97. The zero-order valence-electron chi connectivity index (χ0n) is 20.4. The fourth-order valence-corrected chi connectivity index (χ4v) is 4.15. The molecule has 3 heteroatoms. The Kier molecular flexibility index (Phi) is 18.5. The summed E-state index contributed by atoms with van der Waals surface area (Å²) in [5, 5.41) is 19.3. The van der Waals surface area contributed by atoms with Gasteiger partial charge in [-0.1, -0.05) is 115 Å². The topological polar surface area (TPSA) is 49.7 Å². The first-order valence-electron chi connectivity index (χ1n) is 13.3. The monoisotopic (exact) mass is 434 g/mol. The molecule has 1 aromatic carbocycles. The van der Waals surface area contributed by atoms with Crippen LogP contribution < -0.4 is 0 Å². The number of phenolic OH excluding ortho intramolecular Hbond substituents is 2. The number of aromatic hydroxyl groups is 2. The number of aryl methyl sites for hydroxylation is 1. The van der Waals surface area contributed by atoms with E-state index >= 15 is 0 Å².